The average Bonchev–Trinajstić information content (AvgIpc) is 2.56. The van der Waals surface area contributed by atoms with Gasteiger partial charge in [-0.05, 0) is 25.0 Å². The molecule has 0 atom stereocenters. The number of ether oxygens (including phenoxy) is 1. The van der Waals surface area contributed by atoms with E-state index in [0.29, 0.717) is 5.56 Å². The Labute approximate surface area is 130 Å². The minimum absolute atomic E-state index is 0.0870. The molecule has 0 aliphatic rings. The molecule has 0 bridgehead atoms. The molecular weight excluding hydrogens is 284 g/mol. The van der Waals surface area contributed by atoms with E-state index in [1.807, 2.05) is 13.8 Å². The standard InChI is InChI=1S/C16H22N2O4/c1-3-13(4-2)18-14(19)11-22-15(20)10-17-16(21)12-8-6-5-7-9-12/h5-9,13H,3-4,10-11H2,1-2H3,(H,17,21)(H,18,19). The predicted molar refractivity (Wildman–Crippen MR) is 82.2 cm³/mol. The van der Waals surface area contributed by atoms with E-state index in [1.54, 1.807) is 30.3 Å². The Morgan fingerprint density at radius 1 is 1.09 bits per heavy atom. The van der Waals surface area contributed by atoms with Crippen molar-refractivity contribution in [1.29, 1.82) is 0 Å². The quantitative estimate of drug-likeness (QED) is 0.708. The van der Waals surface area contributed by atoms with Crippen molar-refractivity contribution >= 4 is 17.8 Å². The van der Waals surface area contributed by atoms with Crippen LogP contribution >= 0.6 is 0 Å². The van der Waals surface area contributed by atoms with Crippen molar-refractivity contribution in [2.45, 2.75) is 32.7 Å². The third kappa shape index (κ3) is 6.39. The Bertz CT molecular complexity index is 498. The minimum Gasteiger partial charge on any atom is -0.454 e. The predicted octanol–water partition coefficient (Wildman–Crippen LogP) is 1.26. The van der Waals surface area contributed by atoms with Gasteiger partial charge in [-0.2, -0.15) is 0 Å². The van der Waals surface area contributed by atoms with Crippen LogP contribution < -0.4 is 10.6 Å². The number of benzene rings is 1. The van der Waals surface area contributed by atoms with E-state index in [1.165, 1.54) is 0 Å². The average molecular weight is 306 g/mol. The molecular formula is C16H22N2O4. The van der Waals surface area contributed by atoms with Crippen molar-refractivity contribution < 1.29 is 19.1 Å². The highest BCUT2D eigenvalue weighted by molar-refractivity contribution is 5.96. The third-order valence-electron chi connectivity index (χ3n) is 3.14. The molecule has 0 fully saturated rings. The molecule has 0 unspecified atom stereocenters. The van der Waals surface area contributed by atoms with Gasteiger partial charge in [0.05, 0.1) is 0 Å². The van der Waals surface area contributed by atoms with Crippen LogP contribution in [0, 0.1) is 0 Å². The summed E-state index contributed by atoms with van der Waals surface area (Å²) in [5.74, 6) is -1.35. The van der Waals surface area contributed by atoms with Crippen LogP contribution in [-0.2, 0) is 14.3 Å². The Morgan fingerprint density at radius 2 is 1.73 bits per heavy atom. The zero-order valence-corrected chi connectivity index (χ0v) is 12.9. The van der Waals surface area contributed by atoms with E-state index in [4.69, 9.17) is 4.74 Å². The molecule has 6 heteroatoms. The van der Waals surface area contributed by atoms with Gasteiger partial charge in [0.2, 0.25) is 0 Å². The fourth-order valence-corrected chi connectivity index (χ4v) is 1.80. The van der Waals surface area contributed by atoms with Crippen molar-refractivity contribution in [3.8, 4) is 0 Å². The summed E-state index contributed by atoms with van der Waals surface area (Å²) in [5.41, 5.74) is 0.460. The Balaban J connectivity index is 2.26. The lowest BCUT2D eigenvalue weighted by molar-refractivity contribution is -0.147. The van der Waals surface area contributed by atoms with E-state index in [0.717, 1.165) is 12.8 Å². The number of rotatable bonds is 8. The lowest BCUT2D eigenvalue weighted by Gasteiger charge is -2.14. The van der Waals surface area contributed by atoms with Gasteiger partial charge in [-0.25, -0.2) is 0 Å². The topological polar surface area (TPSA) is 84.5 Å². The van der Waals surface area contributed by atoms with E-state index in [-0.39, 0.29) is 31.0 Å². The van der Waals surface area contributed by atoms with Gasteiger partial charge >= 0.3 is 5.97 Å². The first kappa shape index (κ1) is 17.7. The molecule has 2 N–H and O–H groups in total. The van der Waals surface area contributed by atoms with Gasteiger partial charge in [-0.15, -0.1) is 0 Å². The molecule has 0 aliphatic heterocycles. The molecule has 1 aromatic carbocycles. The molecule has 0 saturated heterocycles. The van der Waals surface area contributed by atoms with Crippen LogP contribution in [0.1, 0.15) is 37.0 Å². The fraction of sp³-hybridized carbons (Fsp3) is 0.438. The minimum atomic E-state index is -0.649. The van der Waals surface area contributed by atoms with Crippen molar-refractivity contribution in [2.75, 3.05) is 13.2 Å². The summed E-state index contributed by atoms with van der Waals surface area (Å²) in [5, 5.41) is 5.20. The van der Waals surface area contributed by atoms with Crippen LogP contribution in [0.15, 0.2) is 30.3 Å². The van der Waals surface area contributed by atoms with Gasteiger partial charge in [0.1, 0.15) is 6.54 Å². The van der Waals surface area contributed by atoms with Gasteiger partial charge in [0.25, 0.3) is 11.8 Å². The van der Waals surface area contributed by atoms with Gasteiger partial charge < -0.3 is 15.4 Å². The van der Waals surface area contributed by atoms with Crippen LogP contribution in [0.5, 0.6) is 0 Å². The number of nitrogens with one attached hydrogen (secondary N) is 2. The summed E-state index contributed by atoms with van der Waals surface area (Å²) >= 11 is 0. The van der Waals surface area contributed by atoms with Crippen LogP contribution in [0.2, 0.25) is 0 Å². The highest BCUT2D eigenvalue weighted by atomic mass is 16.5. The molecule has 22 heavy (non-hydrogen) atoms. The Hall–Kier alpha value is -2.37. The smallest absolute Gasteiger partial charge is 0.325 e. The first-order valence-corrected chi connectivity index (χ1v) is 7.35. The highest BCUT2D eigenvalue weighted by Gasteiger charge is 2.12. The van der Waals surface area contributed by atoms with Crippen LogP contribution in [-0.4, -0.2) is 37.0 Å². The summed E-state index contributed by atoms with van der Waals surface area (Å²) in [7, 11) is 0. The summed E-state index contributed by atoms with van der Waals surface area (Å²) in [6.45, 7) is 3.33. The summed E-state index contributed by atoms with van der Waals surface area (Å²) in [4.78, 5) is 34.8. The number of esters is 1. The molecule has 0 saturated carbocycles. The fourth-order valence-electron chi connectivity index (χ4n) is 1.80. The van der Waals surface area contributed by atoms with Gasteiger partial charge in [-0.3, -0.25) is 14.4 Å². The molecule has 1 rings (SSSR count). The monoisotopic (exact) mass is 306 g/mol. The lowest BCUT2D eigenvalue weighted by Crippen LogP contribution is -2.38. The van der Waals surface area contributed by atoms with Crippen molar-refractivity contribution in [3.63, 3.8) is 0 Å². The molecule has 0 aliphatic carbocycles. The SMILES string of the molecule is CCC(CC)NC(=O)COC(=O)CNC(=O)c1ccccc1. The first-order valence-electron chi connectivity index (χ1n) is 7.35. The normalized spacial score (nSPS) is 10.1. The van der Waals surface area contributed by atoms with E-state index in [9.17, 15) is 14.4 Å². The van der Waals surface area contributed by atoms with Gasteiger partial charge in [0.15, 0.2) is 6.61 Å². The van der Waals surface area contributed by atoms with Crippen molar-refractivity contribution in [2.24, 2.45) is 0 Å². The number of amides is 2. The molecule has 0 spiro atoms. The second-order valence-corrected chi connectivity index (χ2v) is 4.79. The highest BCUT2D eigenvalue weighted by Crippen LogP contribution is 1.98. The van der Waals surface area contributed by atoms with E-state index < -0.39 is 5.97 Å². The summed E-state index contributed by atoms with van der Waals surface area (Å²) in [6, 6.07) is 8.63. The third-order valence-corrected chi connectivity index (χ3v) is 3.14. The van der Waals surface area contributed by atoms with Crippen LogP contribution in [0.3, 0.4) is 0 Å². The first-order chi connectivity index (χ1) is 10.6. The Morgan fingerprint density at radius 3 is 2.32 bits per heavy atom. The molecule has 0 heterocycles. The van der Waals surface area contributed by atoms with E-state index in [2.05, 4.69) is 10.6 Å². The maximum atomic E-state index is 11.7. The number of carbonyl (C=O) groups is 3. The zero-order chi connectivity index (χ0) is 16.4. The second-order valence-electron chi connectivity index (χ2n) is 4.79. The maximum Gasteiger partial charge on any atom is 0.325 e. The van der Waals surface area contributed by atoms with Gasteiger partial charge in [-0.1, -0.05) is 32.0 Å². The largest absolute Gasteiger partial charge is 0.454 e. The molecule has 6 nitrogen and oxygen atoms in total. The molecule has 120 valence electrons. The number of carbonyl (C=O) groups excluding carboxylic acids is 3. The molecule has 0 aromatic heterocycles. The van der Waals surface area contributed by atoms with Crippen molar-refractivity contribution in [1.82, 2.24) is 10.6 Å². The second kappa shape index (κ2) is 9.55. The van der Waals surface area contributed by atoms with Crippen molar-refractivity contribution in [3.05, 3.63) is 35.9 Å². The number of hydrogen-bond donors (Lipinski definition) is 2. The zero-order valence-electron chi connectivity index (χ0n) is 12.9. The summed E-state index contributed by atoms with van der Waals surface area (Å²) < 4.78 is 4.81. The molecule has 2 amide bonds. The Kier molecular flexibility index (Phi) is 7.67. The number of hydrogen-bond acceptors (Lipinski definition) is 4. The molecule has 1 aromatic rings. The lowest BCUT2D eigenvalue weighted by atomic mass is 10.2. The van der Waals surface area contributed by atoms with Crippen LogP contribution in [0.4, 0.5) is 0 Å². The van der Waals surface area contributed by atoms with E-state index >= 15 is 0 Å². The van der Waals surface area contributed by atoms with Gasteiger partial charge in [0, 0.05) is 11.6 Å². The molecule has 0 radical (unpaired) electrons. The van der Waals surface area contributed by atoms with Crippen LogP contribution in [0.25, 0.3) is 0 Å². The summed E-state index contributed by atoms with van der Waals surface area (Å²) in [6.07, 6.45) is 1.65. The maximum absolute atomic E-state index is 11.7.